The predicted octanol–water partition coefficient (Wildman–Crippen LogP) is 3.71. The van der Waals surface area contributed by atoms with E-state index in [0.717, 1.165) is 22.3 Å². The zero-order valence-corrected chi connectivity index (χ0v) is 16.8. The van der Waals surface area contributed by atoms with E-state index in [0.29, 0.717) is 6.42 Å². The molecule has 1 atom stereocenters. The molecule has 0 fully saturated rings. The molecule has 0 aromatic heterocycles. The Morgan fingerprint density at radius 3 is 2.17 bits per heavy atom. The highest BCUT2D eigenvalue weighted by Gasteiger charge is 2.30. The second-order valence-corrected chi connectivity index (χ2v) is 7.12. The second kappa shape index (κ2) is 9.91. The van der Waals surface area contributed by atoms with E-state index in [1.54, 1.807) is 0 Å². The molecule has 0 heterocycles. The Bertz CT molecular complexity index is 880. The normalized spacial score (nSPS) is 13.1. The lowest BCUT2D eigenvalue weighted by molar-refractivity contribution is -0.146. The van der Waals surface area contributed by atoms with Gasteiger partial charge in [0.1, 0.15) is 12.6 Å². The van der Waals surface area contributed by atoms with Crippen LogP contribution in [-0.4, -0.2) is 42.4 Å². The number of hydrogen-bond donors (Lipinski definition) is 2. The number of esters is 1. The molecule has 1 aliphatic rings. The Morgan fingerprint density at radius 1 is 1.00 bits per heavy atom. The van der Waals surface area contributed by atoms with Gasteiger partial charge in [0, 0.05) is 12.3 Å². The number of carbonyl (C=O) groups is 3. The summed E-state index contributed by atoms with van der Waals surface area (Å²) >= 11 is 0. The third kappa shape index (κ3) is 4.97. The van der Waals surface area contributed by atoms with Gasteiger partial charge in [-0.25, -0.2) is 9.59 Å². The van der Waals surface area contributed by atoms with E-state index < -0.39 is 24.1 Å². The summed E-state index contributed by atoms with van der Waals surface area (Å²) in [5.41, 5.74) is 4.39. The third-order valence-electron chi connectivity index (χ3n) is 5.02. The monoisotopic (exact) mass is 411 g/mol. The number of benzene rings is 2. The SMILES string of the molecule is CCCOC(=O)[C@H](CCC(=O)O)NC(=O)OCC1c2ccccc2-c2ccccc21. The van der Waals surface area contributed by atoms with Gasteiger partial charge in [-0.05, 0) is 35.1 Å². The molecular formula is C23H25NO6. The van der Waals surface area contributed by atoms with Gasteiger partial charge in [0.2, 0.25) is 0 Å². The van der Waals surface area contributed by atoms with Gasteiger partial charge < -0.3 is 19.9 Å². The van der Waals surface area contributed by atoms with Gasteiger partial charge >= 0.3 is 18.0 Å². The fraction of sp³-hybridized carbons (Fsp3) is 0.348. The first-order chi connectivity index (χ1) is 14.5. The fourth-order valence-electron chi connectivity index (χ4n) is 3.60. The molecule has 158 valence electrons. The van der Waals surface area contributed by atoms with Gasteiger partial charge in [-0.2, -0.15) is 0 Å². The number of carbonyl (C=O) groups excluding carboxylic acids is 2. The van der Waals surface area contributed by atoms with E-state index in [9.17, 15) is 14.4 Å². The largest absolute Gasteiger partial charge is 0.481 e. The summed E-state index contributed by atoms with van der Waals surface area (Å²) in [5.74, 6) is -1.82. The van der Waals surface area contributed by atoms with Crippen molar-refractivity contribution in [2.75, 3.05) is 13.2 Å². The minimum absolute atomic E-state index is 0.0674. The number of aliphatic carboxylic acids is 1. The first-order valence-corrected chi connectivity index (χ1v) is 10.0. The number of nitrogens with one attached hydrogen (secondary N) is 1. The second-order valence-electron chi connectivity index (χ2n) is 7.12. The average Bonchev–Trinajstić information content (AvgIpc) is 3.07. The number of fused-ring (bicyclic) bond motifs is 3. The zero-order chi connectivity index (χ0) is 21.5. The Kier molecular flexibility index (Phi) is 7.06. The van der Waals surface area contributed by atoms with Crippen LogP contribution in [0.4, 0.5) is 4.79 Å². The van der Waals surface area contributed by atoms with Gasteiger partial charge in [-0.15, -0.1) is 0 Å². The van der Waals surface area contributed by atoms with Gasteiger partial charge in [0.05, 0.1) is 6.61 Å². The predicted molar refractivity (Wildman–Crippen MR) is 110 cm³/mol. The van der Waals surface area contributed by atoms with Crippen LogP contribution in [0.25, 0.3) is 11.1 Å². The van der Waals surface area contributed by atoms with Crippen LogP contribution in [0.5, 0.6) is 0 Å². The molecule has 7 heteroatoms. The molecule has 0 saturated carbocycles. The lowest BCUT2D eigenvalue weighted by Crippen LogP contribution is -2.42. The van der Waals surface area contributed by atoms with Crippen molar-refractivity contribution in [1.82, 2.24) is 5.32 Å². The standard InChI is InChI=1S/C23H25NO6/c1-2-13-29-22(27)20(11-12-21(25)26)24-23(28)30-14-19-17-9-5-3-7-15(17)16-8-4-6-10-18(16)19/h3-10,19-20H,2,11-14H2,1H3,(H,24,28)(H,25,26)/t20-/m0/s1. The number of alkyl carbamates (subject to hydrolysis) is 1. The van der Waals surface area contributed by atoms with Crippen LogP contribution in [0, 0.1) is 0 Å². The Morgan fingerprint density at radius 2 is 1.60 bits per heavy atom. The summed E-state index contributed by atoms with van der Waals surface area (Å²) in [7, 11) is 0. The van der Waals surface area contributed by atoms with Crippen molar-refractivity contribution in [2.45, 2.75) is 38.1 Å². The van der Waals surface area contributed by atoms with Crippen molar-refractivity contribution in [3.8, 4) is 11.1 Å². The lowest BCUT2D eigenvalue weighted by atomic mass is 9.98. The number of ether oxygens (including phenoxy) is 2. The fourth-order valence-corrected chi connectivity index (χ4v) is 3.60. The number of carboxylic acids is 1. The Hall–Kier alpha value is -3.35. The van der Waals surface area contributed by atoms with Crippen molar-refractivity contribution in [1.29, 1.82) is 0 Å². The minimum Gasteiger partial charge on any atom is -0.481 e. The van der Waals surface area contributed by atoms with Gasteiger partial charge in [0.25, 0.3) is 0 Å². The van der Waals surface area contributed by atoms with Crippen LogP contribution in [-0.2, 0) is 19.1 Å². The molecule has 1 amide bonds. The van der Waals surface area contributed by atoms with E-state index >= 15 is 0 Å². The van der Waals surface area contributed by atoms with Crippen LogP contribution < -0.4 is 5.32 Å². The maximum absolute atomic E-state index is 12.4. The summed E-state index contributed by atoms with van der Waals surface area (Å²) in [6.07, 6.45) is -0.486. The number of amides is 1. The van der Waals surface area contributed by atoms with E-state index in [-0.39, 0.29) is 32.0 Å². The summed E-state index contributed by atoms with van der Waals surface area (Å²) in [5, 5.41) is 11.3. The highest BCUT2D eigenvalue weighted by atomic mass is 16.6. The molecule has 0 aliphatic heterocycles. The maximum Gasteiger partial charge on any atom is 0.407 e. The first kappa shape index (κ1) is 21.4. The van der Waals surface area contributed by atoms with E-state index in [2.05, 4.69) is 5.32 Å². The highest BCUT2D eigenvalue weighted by molar-refractivity contribution is 5.82. The molecule has 0 unspecified atom stereocenters. The van der Waals surface area contributed by atoms with Crippen LogP contribution in [0.1, 0.15) is 43.2 Å². The van der Waals surface area contributed by atoms with E-state index in [4.69, 9.17) is 14.6 Å². The Labute approximate surface area is 175 Å². The molecule has 0 spiro atoms. The summed E-state index contributed by atoms with van der Waals surface area (Å²) in [4.78, 5) is 35.4. The van der Waals surface area contributed by atoms with Crippen molar-refractivity contribution in [3.63, 3.8) is 0 Å². The maximum atomic E-state index is 12.4. The smallest absolute Gasteiger partial charge is 0.407 e. The summed E-state index contributed by atoms with van der Waals surface area (Å²) in [6, 6.07) is 14.9. The van der Waals surface area contributed by atoms with E-state index in [1.165, 1.54) is 0 Å². The molecule has 0 bridgehead atoms. The Balaban J connectivity index is 1.65. The van der Waals surface area contributed by atoms with Crippen LogP contribution in [0.3, 0.4) is 0 Å². The summed E-state index contributed by atoms with van der Waals surface area (Å²) in [6.45, 7) is 2.16. The molecule has 2 aromatic carbocycles. The number of rotatable bonds is 9. The molecule has 0 radical (unpaired) electrons. The molecule has 2 N–H and O–H groups in total. The first-order valence-electron chi connectivity index (χ1n) is 10.0. The molecule has 3 rings (SSSR count). The van der Waals surface area contributed by atoms with Gasteiger partial charge in [0.15, 0.2) is 0 Å². The van der Waals surface area contributed by atoms with Gasteiger partial charge in [-0.1, -0.05) is 55.5 Å². The van der Waals surface area contributed by atoms with Crippen LogP contribution >= 0.6 is 0 Å². The van der Waals surface area contributed by atoms with E-state index in [1.807, 2.05) is 55.5 Å². The molecule has 1 aliphatic carbocycles. The topological polar surface area (TPSA) is 102 Å². The molecule has 2 aromatic rings. The van der Waals surface area contributed by atoms with Gasteiger partial charge in [-0.3, -0.25) is 4.79 Å². The molecule has 0 saturated heterocycles. The molecule has 7 nitrogen and oxygen atoms in total. The quantitative estimate of drug-likeness (QED) is 0.610. The highest BCUT2D eigenvalue weighted by Crippen LogP contribution is 2.44. The number of carboxylic acid groups (broad SMARTS) is 1. The van der Waals surface area contributed by atoms with Crippen molar-refractivity contribution < 1.29 is 29.0 Å². The van der Waals surface area contributed by atoms with Crippen molar-refractivity contribution in [2.24, 2.45) is 0 Å². The summed E-state index contributed by atoms with van der Waals surface area (Å²) < 4.78 is 10.5. The minimum atomic E-state index is -1.07. The van der Waals surface area contributed by atoms with Crippen molar-refractivity contribution in [3.05, 3.63) is 59.7 Å². The van der Waals surface area contributed by atoms with Crippen molar-refractivity contribution >= 4 is 18.0 Å². The number of hydrogen-bond acceptors (Lipinski definition) is 5. The average molecular weight is 411 g/mol. The zero-order valence-electron chi connectivity index (χ0n) is 16.8. The van der Waals surface area contributed by atoms with Crippen LogP contribution in [0.2, 0.25) is 0 Å². The lowest BCUT2D eigenvalue weighted by Gasteiger charge is -2.18. The molecule has 30 heavy (non-hydrogen) atoms. The van der Waals surface area contributed by atoms with Crippen LogP contribution in [0.15, 0.2) is 48.5 Å². The third-order valence-corrected chi connectivity index (χ3v) is 5.02. The molecular weight excluding hydrogens is 386 g/mol.